The lowest BCUT2D eigenvalue weighted by molar-refractivity contribution is -0.385. The summed E-state index contributed by atoms with van der Waals surface area (Å²) in [6.45, 7) is 1.82. The van der Waals surface area contributed by atoms with Gasteiger partial charge in [0.2, 0.25) is 5.91 Å². The Balaban J connectivity index is 2.70. The number of benzene rings is 1. The standard InChI is InChI=1S/C11H14BrN3O3/c1-7(13)2-5-11(16)14-8-3-4-9(12)10(6-8)15(17)18/h3-4,6-7H,2,5,13H2,1H3,(H,14,16). The maximum absolute atomic E-state index is 11.5. The first kappa shape index (κ1) is 14.6. The number of anilines is 1. The zero-order valence-corrected chi connectivity index (χ0v) is 11.4. The van der Waals surface area contributed by atoms with E-state index in [1.807, 2.05) is 6.92 Å². The average molecular weight is 316 g/mol. The summed E-state index contributed by atoms with van der Waals surface area (Å²) in [5, 5.41) is 13.3. The Bertz CT molecular complexity index is 463. The zero-order chi connectivity index (χ0) is 13.7. The summed E-state index contributed by atoms with van der Waals surface area (Å²) in [6.07, 6.45) is 0.867. The molecule has 3 N–H and O–H groups in total. The van der Waals surface area contributed by atoms with Crippen LogP contribution >= 0.6 is 15.9 Å². The highest BCUT2D eigenvalue weighted by atomic mass is 79.9. The van der Waals surface area contributed by atoms with Gasteiger partial charge in [-0.15, -0.1) is 0 Å². The van der Waals surface area contributed by atoms with E-state index in [-0.39, 0.29) is 17.6 Å². The van der Waals surface area contributed by atoms with Crippen LogP contribution < -0.4 is 11.1 Å². The van der Waals surface area contributed by atoms with E-state index in [0.717, 1.165) is 0 Å². The summed E-state index contributed by atoms with van der Waals surface area (Å²) >= 11 is 3.08. The van der Waals surface area contributed by atoms with Crippen LogP contribution in [0.4, 0.5) is 11.4 Å². The van der Waals surface area contributed by atoms with Gasteiger partial charge >= 0.3 is 0 Å². The van der Waals surface area contributed by atoms with Crippen molar-refractivity contribution in [2.24, 2.45) is 5.73 Å². The molecular formula is C11H14BrN3O3. The molecule has 1 aromatic carbocycles. The van der Waals surface area contributed by atoms with Crippen molar-refractivity contribution in [3.63, 3.8) is 0 Å². The molecule has 0 heterocycles. The number of nitro benzene ring substituents is 1. The van der Waals surface area contributed by atoms with Gasteiger partial charge in [-0.05, 0) is 41.4 Å². The Kier molecular flexibility index (Phi) is 5.24. The number of nitrogens with two attached hydrogens (primary N) is 1. The van der Waals surface area contributed by atoms with E-state index in [4.69, 9.17) is 5.73 Å². The first-order valence-electron chi connectivity index (χ1n) is 5.39. The lowest BCUT2D eigenvalue weighted by Crippen LogP contribution is -2.19. The molecule has 0 bridgehead atoms. The van der Waals surface area contributed by atoms with Crippen molar-refractivity contribution in [2.75, 3.05) is 5.32 Å². The van der Waals surface area contributed by atoms with E-state index in [1.165, 1.54) is 12.1 Å². The molecule has 0 saturated carbocycles. The Morgan fingerprint density at radius 3 is 2.83 bits per heavy atom. The second kappa shape index (κ2) is 6.46. The van der Waals surface area contributed by atoms with Crippen LogP contribution in [0.15, 0.2) is 22.7 Å². The maximum Gasteiger partial charge on any atom is 0.285 e. The summed E-state index contributed by atoms with van der Waals surface area (Å²) < 4.78 is 0.376. The van der Waals surface area contributed by atoms with Crippen LogP contribution in [0.1, 0.15) is 19.8 Å². The first-order chi connectivity index (χ1) is 8.40. The van der Waals surface area contributed by atoms with Gasteiger partial charge in [0.15, 0.2) is 0 Å². The fourth-order valence-electron chi connectivity index (χ4n) is 1.31. The predicted molar refractivity (Wildman–Crippen MR) is 72.3 cm³/mol. The second-order valence-electron chi connectivity index (χ2n) is 3.99. The minimum absolute atomic E-state index is 0.0463. The number of nitro groups is 1. The number of halogens is 1. The third-order valence-corrected chi connectivity index (χ3v) is 2.92. The van der Waals surface area contributed by atoms with E-state index in [0.29, 0.717) is 23.0 Å². The van der Waals surface area contributed by atoms with E-state index in [1.54, 1.807) is 6.07 Å². The van der Waals surface area contributed by atoms with Crippen molar-refractivity contribution in [3.8, 4) is 0 Å². The van der Waals surface area contributed by atoms with Gasteiger partial charge in [-0.3, -0.25) is 14.9 Å². The number of carbonyl (C=O) groups excluding carboxylic acids is 1. The number of amides is 1. The number of nitrogens with one attached hydrogen (secondary N) is 1. The number of hydrogen-bond acceptors (Lipinski definition) is 4. The molecule has 0 fully saturated rings. The first-order valence-corrected chi connectivity index (χ1v) is 6.19. The summed E-state index contributed by atoms with van der Waals surface area (Å²) in [4.78, 5) is 21.7. The topological polar surface area (TPSA) is 98.3 Å². The van der Waals surface area contributed by atoms with Crippen LogP contribution in [0.5, 0.6) is 0 Å². The monoisotopic (exact) mass is 315 g/mol. The number of hydrogen-bond donors (Lipinski definition) is 2. The van der Waals surface area contributed by atoms with Crippen LogP contribution in [0.25, 0.3) is 0 Å². The third-order valence-electron chi connectivity index (χ3n) is 2.25. The van der Waals surface area contributed by atoms with Crippen molar-refractivity contribution in [2.45, 2.75) is 25.8 Å². The minimum Gasteiger partial charge on any atom is -0.328 e. The molecule has 1 rings (SSSR count). The average Bonchev–Trinajstić information content (AvgIpc) is 2.28. The summed E-state index contributed by atoms with van der Waals surface area (Å²) in [5.74, 6) is -0.205. The van der Waals surface area contributed by atoms with Gasteiger partial charge in [0.1, 0.15) is 0 Å². The maximum atomic E-state index is 11.5. The quantitative estimate of drug-likeness (QED) is 0.644. The fourth-order valence-corrected chi connectivity index (χ4v) is 1.70. The van der Waals surface area contributed by atoms with E-state index in [2.05, 4.69) is 21.2 Å². The summed E-state index contributed by atoms with van der Waals surface area (Å²) in [7, 11) is 0. The molecule has 0 aromatic heterocycles. The summed E-state index contributed by atoms with van der Waals surface area (Å²) in [5.41, 5.74) is 5.86. The van der Waals surface area contributed by atoms with Gasteiger partial charge < -0.3 is 11.1 Å². The molecule has 1 amide bonds. The normalized spacial score (nSPS) is 11.9. The molecule has 1 aromatic rings. The smallest absolute Gasteiger partial charge is 0.285 e. The van der Waals surface area contributed by atoms with Gasteiger partial charge in [-0.2, -0.15) is 0 Å². The van der Waals surface area contributed by atoms with Crippen LogP contribution in [0.2, 0.25) is 0 Å². The lowest BCUT2D eigenvalue weighted by Gasteiger charge is -2.07. The van der Waals surface area contributed by atoms with Gasteiger partial charge in [-0.25, -0.2) is 0 Å². The van der Waals surface area contributed by atoms with Crippen molar-refractivity contribution in [1.29, 1.82) is 0 Å². The minimum atomic E-state index is -0.512. The van der Waals surface area contributed by atoms with E-state index >= 15 is 0 Å². The molecule has 0 spiro atoms. The number of nitrogens with zero attached hydrogens (tertiary/aromatic N) is 1. The molecular weight excluding hydrogens is 302 g/mol. The molecule has 1 unspecified atom stereocenters. The molecule has 0 aliphatic heterocycles. The van der Waals surface area contributed by atoms with Gasteiger partial charge in [0.05, 0.1) is 9.40 Å². The molecule has 0 radical (unpaired) electrons. The highest BCUT2D eigenvalue weighted by molar-refractivity contribution is 9.10. The molecule has 1 atom stereocenters. The molecule has 98 valence electrons. The third kappa shape index (κ3) is 4.42. The van der Waals surface area contributed by atoms with Gasteiger partial charge in [0, 0.05) is 24.2 Å². The van der Waals surface area contributed by atoms with Crippen molar-refractivity contribution in [1.82, 2.24) is 0 Å². The molecule has 6 nitrogen and oxygen atoms in total. The number of carbonyl (C=O) groups is 1. The van der Waals surface area contributed by atoms with Crippen molar-refractivity contribution in [3.05, 3.63) is 32.8 Å². The number of rotatable bonds is 5. The van der Waals surface area contributed by atoms with Crippen molar-refractivity contribution < 1.29 is 9.72 Å². The SMILES string of the molecule is CC(N)CCC(=O)Nc1ccc(Br)c([N+](=O)[O-])c1. The lowest BCUT2D eigenvalue weighted by atomic mass is 10.2. The Morgan fingerprint density at radius 2 is 2.28 bits per heavy atom. The van der Waals surface area contributed by atoms with Crippen molar-refractivity contribution >= 4 is 33.2 Å². The highest BCUT2D eigenvalue weighted by Crippen LogP contribution is 2.27. The highest BCUT2D eigenvalue weighted by Gasteiger charge is 2.13. The molecule has 7 heteroatoms. The van der Waals surface area contributed by atoms with Crippen LogP contribution in [-0.2, 0) is 4.79 Å². The van der Waals surface area contributed by atoms with Crippen LogP contribution in [-0.4, -0.2) is 16.9 Å². The summed E-state index contributed by atoms with van der Waals surface area (Å²) in [6, 6.07) is 4.39. The van der Waals surface area contributed by atoms with Crippen LogP contribution in [0, 0.1) is 10.1 Å². The molecule has 0 saturated heterocycles. The zero-order valence-electron chi connectivity index (χ0n) is 9.85. The fraction of sp³-hybridized carbons (Fsp3) is 0.364. The second-order valence-corrected chi connectivity index (χ2v) is 4.84. The molecule has 0 aliphatic rings. The van der Waals surface area contributed by atoms with E-state index in [9.17, 15) is 14.9 Å². The Hall–Kier alpha value is -1.47. The van der Waals surface area contributed by atoms with Gasteiger partial charge in [-0.1, -0.05) is 0 Å². The van der Waals surface area contributed by atoms with E-state index < -0.39 is 4.92 Å². The molecule has 18 heavy (non-hydrogen) atoms. The predicted octanol–water partition coefficient (Wildman–Crippen LogP) is 2.42. The Labute approximate surface area is 113 Å². The van der Waals surface area contributed by atoms with Gasteiger partial charge in [0.25, 0.3) is 5.69 Å². The Morgan fingerprint density at radius 1 is 1.61 bits per heavy atom. The van der Waals surface area contributed by atoms with Crippen LogP contribution in [0.3, 0.4) is 0 Å². The largest absolute Gasteiger partial charge is 0.328 e. The molecule has 0 aliphatic carbocycles.